The SMILES string of the molecule is N#Cc1c(CCCNC(=O)C2CCCC2)nn(-c2ccc(F)cc2)c1N. The van der Waals surface area contributed by atoms with Gasteiger partial charge in [-0.15, -0.1) is 0 Å². The van der Waals surface area contributed by atoms with Crippen molar-refractivity contribution in [1.82, 2.24) is 15.1 Å². The molecule has 136 valence electrons. The summed E-state index contributed by atoms with van der Waals surface area (Å²) in [7, 11) is 0. The maximum Gasteiger partial charge on any atom is 0.223 e. The minimum absolute atomic E-state index is 0.124. The Balaban J connectivity index is 1.62. The van der Waals surface area contributed by atoms with Gasteiger partial charge in [-0.2, -0.15) is 10.4 Å². The number of nitrogens with zero attached hydrogens (tertiary/aromatic N) is 3. The fourth-order valence-electron chi connectivity index (χ4n) is 3.35. The summed E-state index contributed by atoms with van der Waals surface area (Å²) in [4.78, 5) is 12.0. The van der Waals surface area contributed by atoms with Crippen LogP contribution >= 0.6 is 0 Å². The second kappa shape index (κ2) is 8.00. The molecule has 1 saturated carbocycles. The fourth-order valence-corrected chi connectivity index (χ4v) is 3.35. The van der Waals surface area contributed by atoms with Gasteiger partial charge in [0.05, 0.1) is 11.4 Å². The normalized spacial score (nSPS) is 14.3. The van der Waals surface area contributed by atoms with Gasteiger partial charge in [-0.1, -0.05) is 12.8 Å². The van der Waals surface area contributed by atoms with Crippen LogP contribution in [0.2, 0.25) is 0 Å². The molecule has 0 radical (unpaired) electrons. The van der Waals surface area contributed by atoms with E-state index in [-0.39, 0.29) is 23.5 Å². The molecule has 1 amide bonds. The first-order chi connectivity index (χ1) is 12.6. The molecule has 0 spiro atoms. The summed E-state index contributed by atoms with van der Waals surface area (Å²) >= 11 is 0. The number of rotatable bonds is 6. The van der Waals surface area contributed by atoms with Crippen molar-refractivity contribution < 1.29 is 9.18 Å². The fraction of sp³-hybridized carbons (Fsp3) is 0.421. The van der Waals surface area contributed by atoms with Gasteiger partial charge in [-0.25, -0.2) is 9.07 Å². The van der Waals surface area contributed by atoms with Crippen LogP contribution in [0, 0.1) is 23.1 Å². The van der Waals surface area contributed by atoms with Crippen LogP contribution in [0.3, 0.4) is 0 Å². The lowest BCUT2D eigenvalue weighted by molar-refractivity contribution is -0.124. The molecule has 2 aromatic rings. The van der Waals surface area contributed by atoms with Gasteiger partial charge in [0.1, 0.15) is 23.3 Å². The molecule has 3 N–H and O–H groups in total. The molecule has 6 nitrogen and oxygen atoms in total. The summed E-state index contributed by atoms with van der Waals surface area (Å²) in [5, 5.41) is 16.7. The standard InChI is InChI=1S/C19H22FN5O/c20-14-7-9-15(10-8-14)25-18(22)16(12-21)17(24-25)6-3-11-23-19(26)13-4-1-2-5-13/h7-10,13H,1-6,11,22H2,(H,23,26). The average molecular weight is 355 g/mol. The predicted octanol–water partition coefficient (Wildman–Crippen LogP) is 2.70. The number of anilines is 1. The highest BCUT2D eigenvalue weighted by atomic mass is 19.1. The predicted molar refractivity (Wildman–Crippen MR) is 95.9 cm³/mol. The number of hydrogen-bond acceptors (Lipinski definition) is 4. The molecule has 1 aromatic carbocycles. The number of benzene rings is 1. The molecular formula is C19H22FN5O. The highest BCUT2D eigenvalue weighted by molar-refractivity contribution is 5.78. The van der Waals surface area contributed by atoms with Gasteiger partial charge in [0, 0.05) is 12.5 Å². The molecule has 26 heavy (non-hydrogen) atoms. The Morgan fingerprint density at radius 1 is 1.35 bits per heavy atom. The third-order valence-corrected chi connectivity index (χ3v) is 4.79. The number of nitrogen functional groups attached to an aromatic ring is 1. The number of hydrogen-bond donors (Lipinski definition) is 2. The van der Waals surface area contributed by atoms with E-state index in [1.807, 2.05) is 0 Å². The van der Waals surface area contributed by atoms with Crippen LogP contribution in [0.25, 0.3) is 5.69 Å². The first kappa shape index (κ1) is 17.9. The summed E-state index contributed by atoms with van der Waals surface area (Å²) in [6.45, 7) is 0.545. The summed E-state index contributed by atoms with van der Waals surface area (Å²) in [6.07, 6.45) is 5.42. The number of halogens is 1. The number of carbonyl (C=O) groups is 1. The van der Waals surface area contributed by atoms with Crippen molar-refractivity contribution in [2.45, 2.75) is 38.5 Å². The molecule has 7 heteroatoms. The van der Waals surface area contributed by atoms with Crippen LogP contribution in [0.15, 0.2) is 24.3 Å². The molecule has 1 aliphatic rings. The summed E-state index contributed by atoms with van der Waals surface area (Å²) in [6, 6.07) is 7.85. The molecular weight excluding hydrogens is 333 g/mol. The smallest absolute Gasteiger partial charge is 0.223 e. The van der Waals surface area contributed by atoms with Gasteiger partial charge in [0.25, 0.3) is 0 Å². The van der Waals surface area contributed by atoms with Crippen molar-refractivity contribution in [2.75, 3.05) is 12.3 Å². The van der Waals surface area contributed by atoms with Crippen molar-refractivity contribution in [3.8, 4) is 11.8 Å². The average Bonchev–Trinajstić information content (AvgIpc) is 3.27. The number of aromatic nitrogens is 2. The first-order valence-electron chi connectivity index (χ1n) is 8.91. The quantitative estimate of drug-likeness (QED) is 0.779. The Morgan fingerprint density at radius 2 is 2.04 bits per heavy atom. The number of amides is 1. The van der Waals surface area contributed by atoms with Gasteiger partial charge < -0.3 is 11.1 Å². The van der Waals surface area contributed by atoms with E-state index in [4.69, 9.17) is 5.73 Å². The summed E-state index contributed by atoms with van der Waals surface area (Å²) < 4.78 is 14.5. The number of nitrogens with one attached hydrogen (secondary N) is 1. The van der Waals surface area contributed by atoms with Crippen LogP contribution in [-0.2, 0) is 11.2 Å². The number of nitriles is 1. The largest absolute Gasteiger partial charge is 0.382 e. The Morgan fingerprint density at radius 3 is 2.69 bits per heavy atom. The highest BCUT2D eigenvalue weighted by Gasteiger charge is 2.22. The number of nitrogens with two attached hydrogens (primary N) is 1. The molecule has 0 unspecified atom stereocenters. The minimum atomic E-state index is -0.349. The van der Waals surface area contributed by atoms with Gasteiger partial charge in [-0.3, -0.25) is 4.79 Å². The van der Waals surface area contributed by atoms with Crippen LogP contribution in [0.4, 0.5) is 10.2 Å². The monoisotopic (exact) mass is 355 g/mol. The van der Waals surface area contributed by atoms with Gasteiger partial charge in [0.15, 0.2) is 0 Å². The van der Waals surface area contributed by atoms with Gasteiger partial charge >= 0.3 is 0 Å². The van der Waals surface area contributed by atoms with Gasteiger partial charge in [-0.05, 0) is 49.9 Å². The molecule has 1 fully saturated rings. The van der Waals surface area contributed by atoms with Crippen molar-refractivity contribution in [3.05, 3.63) is 41.3 Å². The van der Waals surface area contributed by atoms with E-state index in [1.165, 1.54) is 16.8 Å². The summed E-state index contributed by atoms with van der Waals surface area (Å²) in [5.74, 6) is 0.166. The number of aryl methyl sites for hydroxylation is 1. The Labute approximate surface area is 151 Å². The maximum absolute atomic E-state index is 13.1. The van der Waals surface area contributed by atoms with E-state index in [2.05, 4.69) is 16.5 Å². The van der Waals surface area contributed by atoms with Crippen LogP contribution in [0.1, 0.15) is 43.4 Å². The first-order valence-corrected chi connectivity index (χ1v) is 8.91. The molecule has 0 bridgehead atoms. The van der Waals surface area contributed by atoms with Crippen molar-refractivity contribution in [3.63, 3.8) is 0 Å². The van der Waals surface area contributed by atoms with Gasteiger partial charge in [0.2, 0.25) is 5.91 Å². The molecule has 1 aliphatic carbocycles. The summed E-state index contributed by atoms with van der Waals surface area (Å²) in [5.41, 5.74) is 7.55. The third-order valence-electron chi connectivity index (χ3n) is 4.79. The second-order valence-corrected chi connectivity index (χ2v) is 6.58. The number of carbonyl (C=O) groups excluding carboxylic acids is 1. The van der Waals surface area contributed by atoms with E-state index in [0.717, 1.165) is 25.7 Å². The minimum Gasteiger partial charge on any atom is -0.382 e. The molecule has 0 atom stereocenters. The van der Waals surface area contributed by atoms with E-state index < -0.39 is 0 Å². The van der Waals surface area contributed by atoms with E-state index in [0.29, 0.717) is 36.3 Å². The zero-order chi connectivity index (χ0) is 18.5. The highest BCUT2D eigenvalue weighted by Crippen LogP contribution is 2.25. The van der Waals surface area contributed by atoms with E-state index in [9.17, 15) is 14.4 Å². The molecule has 0 aliphatic heterocycles. The lowest BCUT2D eigenvalue weighted by Gasteiger charge is -2.09. The van der Waals surface area contributed by atoms with Crippen LogP contribution in [-0.4, -0.2) is 22.2 Å². The molecule has 0 saturated heterocycles. The van der Waals surface area contributed by atoms with E-state index >= 15 is 0 Å². The molecule has 1 aromatic heterocycles. The Bertz CT molecular complexity index is 816. The Kier molecular flexibility index (Phi) is 5.52. The van der Waals surface area contributed by atoms with Crippen LogP contribution in [0.5, 0.6) is 0 Å². The maximum atomic E-state index is 13.1. The van der Waals surface area contributed by atoms with Crippen molar-refractivity contribution in [1.29, 1.82) is 5.26 Å². The van der Waals surface area contributed by atoms with Crippen molar-refractivity contribution in [2.24, 2.45) is 5.92 Å². The lowest BCUT2D eigenvalue weighted by atomic mass is 10.1. The second-order valence-electron chi connectivity index (χ2n) is 6.58. The van der Waals surface area contributed by atoms with Crippen molar-refractivity contribution >= 4 is 11.7 Å². The zero-order valence-corrected chi connectivity index (χ0v) is 14.5. The third kappa shape index (κ3) is 3.85. The van der Waals surface area contributed by atoms with Crippen LogP contribution < -0.4 is 11.1 Å². The molecule has 1 heterocycles. The topological polar surface area (TPSA) is 96.7 Å². The Hall–Kier alpha value is -2.88. The zero-order valence-electron chi connectivity index (χ0n) is 14.5. The van der Waals surface area contributed by atoms with E-state index in [1.54, 1.807) is 12.1 Å². The lowest BCUT2D eigenvalue weighted by Crippen LogP contribution is -2.30. The molecule has 3 rings (SSSR count).